The van der Waals surface area contributed by atoms with E-state index in [1.807, 2.05) is 30.3 Å². The number of nitrogens with zero attached hydrogens (tertiary/aromatic N) is 3. The van der Waals surface area contributed by atoms with Crippen LogP contribution in [0.3, 0.4) is 0 Å². The molecule has 1 aliphatic heterocycles. The summed E-state index contributed by atoms with van der Waals surface area (Å²) < 4.78 is 5.74. The summed E-state index contributed by atoms with van der Waals surface area (Å²) in [4.78, 5) is 24.2. The van der Waals surface area contributed by atoms with Crippen molar-refractivity contribution >= 4 is 35.0 Å². The highest BCUT2D eigenvalue weighted by molar-refractivity contribution is 6.36. The Balaban J connectivity index is 1.19. The molecule has 206 valence electrons. The highest BCUT2D eigenvalue weighted by Gasteiger charge is 2.29. The molecular formula is C30H35Cl2N5O2. The second-order valence-corrected chi connectivity index (χ2v) is 11.2. The Kier molecular flexibility index (Phi) is 9.35. The molecule has 0 amide bonds. The Labute approximate surface area is 240 Å². The number of benzene rings is 2. The van der Waals surface area contributed by atoms with Gasteiger partial charge in [0.1, 0.15) is 18.0 Å². The smallest absolute Gasteiger partial charge is 0.324 e. The first-order chi connectivity index (χ1) is 19.0. The zero-order chi connectivity index (χ0) is 27.2. The Bertz CT molecular complexity index is 1280. The van der Waals surface area contributed by atoms with Gasteiger partial charge in [0.05, 0.1) is 17.6 Å². The molecule has 3 N–H and O–H groups in total. The molecule has 7 nitrogen and oxygen atoms in total. The number of hydrogen-bond acceptors (Lipinski definition) is 7. The van der Waals surface area contributed by atoms with E-state index in [-0.39, 0.29) is 18.1 Å². The minimum absolute atomic E-state index is 0.100. The molecule has 1 saturated heterocycles. The van der Waals surface area contributed by atoms with Crippen molar-refractivity contribution in [2.45, 2.75) is 57.1 Å². The normalized spacial score (nSPS) is 18.4. The average molecular weight is 569 g/mol. The van der Waals surface area contributed by atoms with Gasteiger partial charge in [0.2, 0.25) is 0 Å². The minimum atomic E-state index is -0.255. The van der Waals surface area contributed by atoms with E-state index in [1.54, 1.807) is 6.20 Å². The number of rotatable bonds is 9. The third kappa shape index (κ3) is 7.28. The van der Waals surface area contributed by atoms with Crippen LogP contribution in [0.1, 0.15) is 42.5 Å². The van der Waals surface area contributed by atoms with Gasteiger partial charge >= 0.3 is 5.97 Å². The van der Waals surface area contributed by atoms with Gasteiger partial charge in [-0.2, -0.15) is 0 Å². The summed E-state index contributed by atoms with van der Waals surface area (Å²) in [6, 6.07) is 13.6. The molecule has 2 fully saturated rings. The van der Waals surface area contributed by atoms with Crippen molar-refractivity contribution in [1.82, 2.24) is 20.2 Å². The van der Waals surface area contributed by atoms with Crippen LogP contribution < -0.4 is 11.1 Å². The van der Waals surface area contributed by atoms with Gasteiger partial charge in [0.15, 0.2) is 0 Å². The van der Waals surface area contributed by atoms with Crippen molar-refractivity contribution in [2.24, 2.45) is 0 Å². The van der Waals surface area contributed by atoms with E-state index in [2.05, 4.69) is 27.3 Å². The van der Waals surface area contributed by atoms with Crippen molar-refractivity contribution in [1.29, 1.82) is 0 Å². The molecule has 1 unspecified atom stereocenters. The van der Waals surface area contributed by atoms with Gasteiger partial charge in [0, 0.05) is 41.8 Å². The van der Waals surface area contributed by atoms with Crippen LogP contribution >= 0.6 is 23.2 Å². The number of nitrogen functional groups attached to an aromatic ring is 1. The van der Waals surface area contributed by atoms with Crippen LogP contribution in [-0.4, -0.2) is 59.2 Å². The van der Waals surface area contributed by atoms with Crippen LogP contribution in [0.2, 0.25) is 10.0 Å². The van der Waals surface area contributed by atoms with Crippen LogP contribution in [0.25, 0.3) is 11.3 Å². The summed E-state index contributed by atoms with van der Waals surface area (Å²) in [6.07, 6.45) is 8.20. The van der Waals surface area contributed by atoms with Crippen LogP contribution in [0.5, 0.6) is 0 Å². The van der Waals surface area contributed by atoms with Crippen LogP contribution in [0, 0.1) is 0 Å². The maximum absolute atomic E-state index is 12.6. The quantitative estimate of drug-likeness (QED) is 0.346. The highest BCUT2D eigenvalue weighted by Crippen LogP contribution is 2.27. The maximum Gasteiger partial charge on any atom is 0.324 e. The lowest BCUT2D eigenvalue weighted by atomic mass is 10.0. The number of nitrogens with one attached hydrogen (secondary N) is 1. The first kappa shape index (κ1) is 27.8. The van der Waals surface area contributed by atoms with Crippen molar-refractivity contribution < 1.29 is 9.53 Å². The Morgan fingerprint density at radius 3 is 2.64 bits per heavy atom. The zero-order valence-electron chi connectivity index (χ0n) is 22.0. The number of hydrogen-bond donors (Lipinski definition) is 2. The van der Waals surface area contributed by atoms with E-state index in [0.717, 1.165) is 74.3 Å². The Morgan fingerprint density at radius 1 is 1.08 bits per heavy atom. The molecule has 9 heteroatoms. The molecule has 2 aromatic carbocycles. The summed E-state index contributed by atoms with van der Waals surface area (Å²) in [6.45, 7) is 3.24. The molecule has 1 atom stereocenters. The molecule has 1 aliphatic carbocycles. The van der Waals surface area contributed by atoms with Gasteiger partial charge in [-0.15, -0.1) is 0 Å². The van der Waals surface area contributed by atoms with Gasteiger partial charge in [-0.1, -0.05) is 47.5 Å². The van der Waals surface area contributed by atoms with Crippen LogP contribution in [0.4, 0.5) is 5.82 Å². The summed E-state index contributed by atoms with van der Waals surface area (Å²) in [5.41, 5.74) is 10.8. The molecular weight excluding hydrogens is 533 g/mol. The standard InChI is InChI=1S/C30H35Cl2N5O2/c31-24-9-4-10-25(32)23(24)11-12-26-29(33)35-18-27(36-26)21-6-3-5-20(17-21)13-15-37-16-14-34-28(19-37)30(38)39-22-7-1-2-8-22/h3-6,9-10,17-18,22,28,34H,1-2,7-8,11-16,19H2,(H2,33,35). The van der Waals surface area contributed by atoms with Crippen LogP contribution in [0.15, 0.2) is 48.7 Å². The monoisotopic (exact) mass is 567 g/mol. The number of carbonyl (C=O) groups is 1. The van der Waals surface area contributed by atoms with Gasteiger partial charge in [-0.3, -0.25) is 9.69 Å². The third-order valence-electron chi connectivity index (χ3n) is 7.62. The minimum Gasteiger partial charge on any atom is -0.461 e. The maximum atomic E-state index is 12.6. The highest BCUT2D eigenvalue weighted by atomic mass is 35.5. The molecule has 2 heterocycles. The lowest BCUT2D eigenvalue weighted by Crippen LogP contribution is -2.55. The number of piperazine rings is 1. The van der Waals surface area contributed by atoms with Gasteiger partial charge in [-0.05, 0) is 74.3 Å². The number of esters is 1. The number of aromatic nitrogens is 2. The topological polar surface area (TPSA) is 93.4 Å². The molecule has 39 heavy (non-hydrogen) atoms. The van der Waals surface area contributed by atoms with Crippen molar-refractivity contribution in [3.8, 4) is 11.3 Å². The second kappa shape index (κ2) is 13.1. The molecule has 2 aliphatic rings. The lowest BCUT2D eigenvalue weighted by Gasteiger charge is -2.33. The van der Waals surface area contributed by atoms with Crippen LogP contribution in [-0.2, 0) is 28.8 Å². The summed E-state index contributed by atoms with van der Waals surface area (Å²) >= 11 is 12.7. The molecule has 0 radical (unpaired) electrons. The fourth-order valence-corrected chi connectivity index (χ4v) is 5.96. The summed E-state index contributed by atoms with van der Waals surface area (Å²) in [5, 5.41) is 4.61. The lowest BCUT2D eigenvalue weighted by molar-refractivity contribution is -0.152. The number of nitrogens with two attached hydrogens (primary N) is 1. The zero-order valence-corrected chi connectivity index (χ0v) is 23.6. The first-order valence-corrected chi connectivity index (χ1v) is 14.5. The van der Waals surface area contributed by atoms with Crippen molar-refractivity contribution in [3.63, 3.8) is 0 Å². The van der Waals surface area contributed by atoms with Gasteiger partial charge in [-0.25, -0.2) is 9.97 Å². The number of anilines is 1. The number of halogens is 2. The molecule has 0 bridgehead atoms. The predicted molar refractivity (Wildman–Crippen MR) is 156 cm³/mol. The largest absolute Gasteiger partial charge is 0.461 e. The van der Waals surface area contributed by atoms with Crippen molar-refractivity contribution in [2.75, 3.05) is 31.9 Å². The van der Waals surface area contributed by atoms with E-state index < -0.39 is 0 Å². The fraction of sp³-hybridized carbons (Fsp3) is 0.433. The third-order valence-corrected chi connectivity index (χ3v) is 8.33. The van der Waals surface area contributed by atoms with E-state index in [1.165, 1.54) is 5.56 Å². The Morgan fingerprint density at radius 2 is 1.85 bits per heavy atom. The Hall–Kier alpha value is -2.71. The number of aryl methyl sites for hydroxylation is 1. The number of carbonyl (C=O) groups excluding carboxylic acids is 1. The molecule has 1 saturated carbocycles. The van der Waals surface area contributed by atoms with E-state index >= 15 is 0 Å². The molecule has 5 rings (SSSR count). The first-order valence-electron chi connectivity index (χ1n) is 13.8. The molecule has 3 aromatic rings. The second-order valence-electron chi connectivity index (χ2n) is 10.4. The predicted octanol–water partition coefficient (Wildman–Crippen LogP) is 5.12. The van der Waals surface area contributed by atoms with E-state index in [4.69, 9.17) is 38.7 Å². The average Bonchev–Trinajstić information content (AvgIpc) is 3.46. The van der Waals surface area contributed by atoms with Crippen molar-refractivity contribution in [3.05, 3.63) is 75.5 Å². The van der Waals surface area contributed by atoms with E-state index in [0.29, 0.717) is 35.2 Å². The van der Waals surface area contributed by atoms with E-state index in [9.17, 15) is 4.79 Å². The molecule has 1 aromatic heterocycles. The summed E-state index contributed by atoms with van der Waals surface area (Å²) in [7, 11) is 0. The number of ether oxygens (including phenoxy) is 1. The summed E-state index contributed by atoms with van der Waals surface area (Å²) in [5.74, 6) is 0.306. The SMILES string of the molecule is Nc1ncc(-c2cccc(CCN3CCNC(C(=O)OC4CCCC4)C3)c2)nc1CCc1c(Cl)cccc1Cl. The van der Waals surface area contributed by atoms with Gasteiger partial charge in [0.25, 0.3) is 0 Å². The van der Waals surface area contributed by atoms with Gasteiger partial charge < -0.3 is 15.8 Å². The molecule has 0 spiro atoms. The fourth-order valence-electron chi connectivity index (χ4n) is 5.37.